The fourth-order valence-corrected chi connectivity index (χ4v) is 3.33. The molecule has 0 bridgehead atoms. The molecule has 1 heterocycles. The smallest absolute Gasteiger partial charge is 0.156 e. The molecule has 72 valence electrons. The lowest BCUT2D eigenvalue weighted by molar-refractivity contribution is -0.714. The molecule has 0 aliphatic carbocycles. The number of nitrogens with two attached hydrogens (primary N) is 1. The second kappa shape index (κ2) is 3.75. The van der Waals surface area contributed by atoms with Crippen LogP contribution in [0.1, 0.15) is 26.7 Å². The predicted octanol–water partition coefficient (Wildman–Crippen LogP) is -0.465. The van der Waals surface area contributed by atoms with Crippen molar-refractivity contribution in [1.82, 2.24) is 0 Å². The number of quaternary nitrogens is 1. The highest BCUT2D eigenvalue weighted by Crippen LogP contribution is 2.08. The molecule has 1 fully saturated rings. The molecule has 3 nitrogen and oxygen atoms in total. The lowest BCUT2D eigenvalue weighted by Crippen LogP contribution is -2.94. The number of hydrogen-bond acceptors (Lipinski definition) is 2. The van der Waals surface area contributed by atoms with E-state index < -0.39 is 9.84 Å². The molecule has 0 aromatic carbocycles. The first-order valence-corrected chi connectivity index (χ1v) is 6.41. The van der Waals surface area contributed by atoms with E-state index >= 15 is 0 Å². The molecule has 1 aliphatic heterocycles. The fraction of sp³-hybridized carbons (Fsp3) is 1.00. The zero-order valence-electron chi connectivity index (χ0n) is 7.79. The van der Waals surface area contributed by atoms with Gasteiger partial charge >= 0.3 is 0 Å². The third-order valence-corrected chi connectivity index (χ3v) is 4.31. The van der Waals surface area contributed by atoms with Crippen molar-refractivity contribution in [2.24, 2.45) is 0 Å². The van der Waals surface area contributed by atoms with Crippen LogP contribution >= 0.6 is 0 Å². The summed E-state index contributed by atoms with van der Waals surface area (Å²) in [6.45, 7) is 4.27. The van der Waals surface area contributed by atoms with Crippen molar-refractivity contribution in [1.29, 1.82) is 0 Å². The second-order valence-corrected chi connectivity index (χ2v) is 5.97. The Bertz CT molecular complexity index is 235. The third kappa shape index (κ3) is 2.75. The topological polar surface area (TPSA) is 50.8 Å². The maximum atomic E-state index is 11.1. The number of hydrogen-bond donors (Lipinski definition) is 1. The summed E-state index contributed by atoms with van der Waals surface area (Å²) in [6, 6.07) is 0.883. The summed E-state index contributed by atoms with van der Waals surface area (Å²) >= 11 is 0. The maximum Gasteiger partial charge on any atom is 0.156 e. The van der Waals surface area contributed by atoms with E-state index in [1.54, 1.807) is 0 Å². The molecule has 2 N–H and O–H groups in total. The lowest BCUT2D eigenvalue weighted by Gasteiger charge is -2.12. The van der Waals surface area contributed by atoms with Crippen LogP contribution in [-0.4, -0.2) is 32.0 Å². The molecule has 4 heteroatoms. The first-order valence-electron chi connectivity index (χ1n) is 4.59. The highest BCUT2D eigenvalue weighted by atomic mass is 32.2. The Morgan fingerprint density at radius 2 is 2.25 bits per heavy atom. The van der Waals surface area contributed by atoms with Crippen molar-refractivity contribution in [2.45, 2.75) is 38.8 Å². The Kier molecular flexibility index (Phi) is 3.12. The largest absolute Gasteiger partial charge is 0.341 e. The average molecular weight is 192 g/mol. The molecule has 1 saturated heterocycles. The molecule has 0 aromatic rings. The summed E-state index contributed by atoms with van der Waals surface area (Å²) in [7, 11) is -2.68. The Hall–Kier alpha value is -0.0900. The van der Waals surface area contributed by atoms with Crippen LogP contribution in [-0.2, 0) is 9.84 Å². The molecule has 1 rings (SSSR count). The van der Waals surface area contributed by atoms with Gasteiger partial charge in [0.2, 0.25) is 0 Å². The van der Waals surface area contributed by atoms with Crippen LogP contribution in [0.25, 0.3) is 0 Å². The molecule has 0 amide bonds. The van der Waals surface area contributed by atoms with E-state index in [9.17, 15) is 8.42 Å². The van der Waals surface area contributed by atoms with Crippen molar-refractivity contribution in [2.75, 3.05) is 11.5 Å². The Morgan fingerprint density at radius 1 is 1.58 bits per heavy atom. The molecular weight excluding hydrogens is 174 g/mol. The maximum absolute atomic E-state index is 11.1. The van der Waals surface area contributed by atoms with Gasteiger partial charge in [-0.1, -0.05) is 6.92 Å². The molecule has 0 unspecified atom stereocenters. The Labute approximate surface area is 74.5 Å². The summed E-state index contributed by atoms with van der Waals surface area (Å²) < 4.78 is 22.2. The van der Waals surface area contributed by atoms with Crippen molar-refractivity contribution in [3.05, 3.63) is 0 Å². The van der Waals surface area contributed by atoms with Gasteiger partial charge in [-0.3, -0.25) is 0 Å². The van der Waals surface area contributed by atoms with E-state index in [1.165, 1.54) is 0 Å². The van der Waals surface area contributed by atoms with Gasteiger partial charge in [0, 0.05) is 6.42 Å². The third-order valence-electron chi connectivity index (χ3n) is 2.51. The van der Waals surface area contributed by atoms with E-state index in [1.807, 2.05) is 0 Å². The first kappa shape index (κ1) is 9.99. The number of rotatable bonds is 3. The van der Waals surface area contributed by atoms with Crippen molar-refractivity contribution in [3.8, 4) is 0 Å². The van der Waals surface area contributed by atoms with Gasteiger partial charge in [0.05, 0.1) is 11.8 Å². The minimum atomic E-state index is -2.68. The SMILES string of the molecule is CC[C@@H](C)[NH2+][C@@H]1CCS(=O)(=O)C1. The summed E-state index contributed by atoms with van der Waals surface area (Å²) in [4.78, 5) is 0. The molecule has 0 radical (unpaired) electrons. The first-order chi connectivity index (χ1) is 5.53. The summed E-state index contributed by atoms with van der Waals surface area (Å²) in [6.07, 6.45) is 1.95. The molecule has 1 aliphatic rings. The van der Waals surface area contributed by atoms with Crippen LogP contribution in [0.2, 0.25) is 0 Å². The lowest BCUT2D eigenvalue weighted by atomic mass is 10.2. The van der Waals surface area contributed by atoms with Crippen LogP contribution in [0.5, 0.6) is 0 Å². The van der Waals surface area contributed by atoms with E-state index in [0.717, 1.165) is 12.8 Å². The van der Waals surface area contributed by atoms with Crippen LogP contribution in [0, 0.1) is 0 Å². The Morgan fingerprint density at radius 3 is 2.67 bits per heavy atom. The van der Waals surface area contributed by atoms with E-state index in [0.29, 0.717) is 23.6 Å². The van der Waals surface area contributed by atoms with Gasteiger partial charge in [0.25, 0.3) is 0 Å². The summed E-state index contributed by atoms with van der Waals surface area (Å²) in [5, 5.41) is 2.20. The van der Waals surface area contributed by atoms with Crippen LogP contribution < -0.4 is 5.32 Å². The van der Waals surface area contributed by atoms with E-state index in [4.69, 9.17) is 0 Å². The minimum absolute atomic E-state index is 0.324. The number of sulfone groups is 1. The molecular formula is C8H18NO2S+. The molecule has 12 heavy (non-hydrogen) atoms. The zero-order valence-corrected chi connectivity index (χ0v) is 8.60. The summed E-state index contributed by atoms with van der Waals surface area (Å²) in [5.74, 6) is 0.780. The van der Waals surface area contributed by atoms with Gasteiger partial charge in [0.15, 0.2) is 9.84 Å². The quantitative estimate of drug-likeness (QED) is 0.657. The predicted molar refractivity (Wildman–Crippen MR) is 48.7 cm³/mol. The van der Waals surface area contributed by atoms with Crippen LogP contribution in [0.15, 0.2) is 0 Å². The van der Waals surface area contributed by atoms with Crippen molar-refractivity contribution in [3.63, 3.8) is 0 Å². The van der Waals surface area contributed by atoms with E-state index in [2.05, 4.69) is 19.2 Å². The molecule has 2 atom stereocenters. The second-order valence-electron chi connectivity index (χ2n) is 3.74. The highest BCUT2D eigenvalue weighted by Gasteiger charge is 2.31. The molecule has 0 spiro atoms. The van der Waals surface area contributed by atoms with Gasteiger partial charge in [-0.2, -0.15) is 0 Å². The minimum Gasteiger partial charge on any atom is -0.341 e. The standard InChI is InChI=1S/C8H17NO2S/c1-3-7(2)9-8-4-5-12(10,11)6-8/h7-9H,3-6H2,1-2H3/p+1/t7-,8-/m1/s1. The Balaban J connectivity index is 2.38. The highest BCUT2D eigenvalue weighted by molar-refractivity contribution is 7.91. The van der Waals surface area contributed by atoms with Crippen molar-refractivity contribution >= 4 is 9.84 Å². The zero-order chi connectivity index (χ0) is 9.19. The van der Waals surface area contributed by atoms with Crippen LogP contribution in [0.4, 0.5) is 0 Å². The summed E-state index contributed by atoms with van der Waals surface area (Å²) in [5.41, 5.74) is 0. The molecule has 0 aromatic heterocycles. The van der Waals surface area contributed by atoms with Gasteiger partial charge in [-0.25, -0.2) is 8.42 Å². The van der Waals surface area contributed by atoms with E-state index in [-0.39, 0.29) is 0 Å². The van der Waals surface area contributed by atoms with Gasteiger partial charge < -0.3 is 5.32 Å². The van der Waals surface area contributed by atoms with Gasteiger partial charge in [-0.05, 0) is 13.3 Å². The normalized spacial score (nSPS) is 30.3. The average Bonchev–Trinajstić information content (AvgIpc) is 2.30. The van der Waals surface area contributed by atoms with Gasteiger partial charge in [0.1, 0.15) is 11.8 Å². The monoisotopic (exact) mass is 192 g/mol. The van der Waals surface area contributed by atoms with Gasteiger partial charge in [-0.15, -0.1) is 0 Å². The van der Waals surface area contributed by atoms with Crippen molar-refractivity contribution < 1.29 is 13.7 Å². The fourth-order valence-electron chi connectivity index (χ4n) is 1.58. The molecule has 0 saturated carbocycles. The van der Waals surface area contributed by atoms with Crippen LogP contribution in [0.3, 0.4) is 0 Å².